The van der Waals surface area contributed by atoms with Crippen LogP contribution in [-0.4, -0.2) is 20.6 Å². The number of H-pyrrole nitrogens is 1. The zero-order valence-electron chi connectivity index (χ0n) is 12.6. The summed E-state index contributed by atoms with van der Waals surface area (Å²) in [4.78, 5) is 16.0. The molecule has 2 N–H and O–H groups in total. The number of aromatic amines is 1. The van der Waals surface area contributed by atoms with Crippen LogP contribution in [0, 0.1) is 18.3 Å². The molecule has 5 nitrogen and oxygen atoms in total. The van der Waals surface area contributed by atoms with Gasteiger partial charge in [-0.1, -0.05) is 19.1 Å². The van der Waals surface area contributed by atoms with Crippen LogP contribution in [0.1, 0.15) is 30.0 Å². The molecule has 3 aromatic rings. The van der Waals surface area contributed by atoms with Crippen molar-refractivity contribution in [2.45, 2.75) is 32.8 Å². The average molecular weight is 295 g/mol. The van der Waals surface area contributed by atoms with E-state index in [0.717, 1.165) is 11.0 Å². The van der Waals surface area contributed by atoms with E-state index >= 15 is 0 Å². The molecule has 0 radical (unpaired) electrons. The van der Waals surface area contributed by atoms with Crippen molar-refractivity contribution in [2.24, 2.45) is 0 Å². The number of para-hydroxylation sites is 2. The molecule has 0 aliphatic rings. The molecule has 0 amide bonds. The predicted octanol–water partition coefficient (Wildman–Crippen LogP) is 2.27. The number of pyridine rings is 1. The molecule has 3 rings (SSSR count). The summed E-state index contributed by atoms with van der Waals surface area (Å²) < 4.78 is 1.54. The lowest BCUT2D eigenvalue weighted by molar-refractivity contribution is 0.170. The molecule has 112 valence electrons. The minimum absolute atomic E-state index is 0.170. The van der Waals surface area contributed by atoms with Crippen LogP contribution >= 0.6 is 0 Å². The lowest BCUT2D eigenvalue weighted by atomic mass is 9.99. The Morgan fingerprint density at radius 2 is 2.14 bits per heavy atom. The van der Waals surface area contributed by atoms with Crippen LogP contribution in [0.4, 0.5) is 0 Å². The maximum atomic E-state index is 12.9. The van der Waals surface area contributed by atoms with E-state index < -0.39 is 6.10 Å². The quantitative estimate of drug-likeness (QED) is 0.777. The number of benzene rings is 1. The van der Waals surface area contributed by atoms with Gasteiger partial charge in [0.2, 0.25) is 0 Å². The van der Waals surface area contributed by atoms with Crippen LogP contribution in [0.15, 0.2) is 29.1 Å². The lowest BCUT2D eigenvalue weighted by Gasteiger charge is -2.12. The number of imidazole rings is 1. The van der Waals surface area contributed by atoms with Gasteiger partial charge >= 0.3 is 0 Å². The molecule has 1 atom stereocenters. The van der Waals surface area contributed by atoms with Gasteiger partial charge in [-0.3, -0.25) is 9.20 Å². The minimum Gasteiger partial charge on any atom is -0.393 e. The molecular weight excluding hydrogens is 278 g/mol. The number of hydrogen-bond donors (Lipinski definition) is 2. The normalized spacial score (nSPS) is 12.6. The van der Waals surface area contributed by atoms with Crippen LogP contribution in [0.5, 0.6) is 0 Å². The van der Waals surface area contributed by atoms with Gasteiger partial charge in [-0.2, -0.15) is 5.26 Å². The molecule has 2 heterocycles. The fourth-order valence-electron chi connectivity index (χ4n) is 2.84. The minimum atomic E-state index is -0.582. The summed E-state index contributed by atoms with van der Waals surface area (Å²) in [5.74, 6) is 0. The number of aliphatic hydroxyl groups is 1. The zero-order chi connectivity index (χ0) is 15.9. The number of nitriles is 1. The second kappa shape index (κ2) is 5.32. The summed E-state index contributed by atoms with van der Waals surface area (Å²) in [5, 5.41) is 19.4. The van der Waals surface area contributed by atoms with Gasteiger partial charge < -0.3 is 10.1 Å². The van der Waals surface area contributed by atoms with Gasteiger partial charge in [0.05, 0.1) is 22.7 Å². The summed E-state index contributed by atoms with van der Waals surface area (Å²) in [6.45, 7) is 3.64. The second-order valence-corrected chi connectivity index (χ2v) is 5.49. The molecule has 2 aromatic heterocycles. The number of aliphatic hydroxyl groups excluding tert-OH is 1. The standard InChI is InChI=1S/C17H17N3O2/c1-3-11(21)8-12-10(2)13(9-18)16-19-14-6-4-5-7-15(14)20(16)17(12)22/h4-7,11,19,21H,3,8H2,1-2H3. The Labute approximate surface area is 127 Å². The van der Waals surface area contributed by atoms with Gasteiger partial charge in [0.15, 0.2) is 0 Å². The first-order chi connectivity index (χ1) is 10.6. The highest BCUT2D eigenvalue weighted by Crippen LogP contribution is 2.22. The van der Waals surface area contributed by atoms with E-state index in [1.165, 1.54) is 0 Å². The fraction of sp³-hybridized carbons (Fsp3) is 0.294. The van der Waals surface area contributed by atoms with Crippen LogP contribution < -0.4 is 5.56 Å². The van der Waals surface area contributed by atoms with Crippen molar-refractivity contribution < 1.29 is 5.11 Å². The van der Waals surface area contributed by atoms with E-state index in [0.29, 0.717) is 28.8 Å². The van der Waals surface area contributed by atoms with E-state index in [9.17, 15) is 15.2 Å². The van der Waals surface area contributed by atoms with Gasteiger partial charge in [0.1, 0.15) is 11.7 Å². The van der Waals surface area contributed by atoms with Crippen LogP contribution in [0.25, 0.3) is 16.7 Å². The number of nitrogens with one attached hydrogen (secondary N) is 1. The molecule has 1 aromatic carbocycles. The Balaban J connectivity index is 2.45. The monoisotopic (exact) mass is 295 g/mol. The Hall–Kier alpha value is -2.58. The van der Waals surface area contributed by atoms with Crippen molar-refractivity contribution in [1.82, 2.24) is 9.38 Å². The predicted molar refractivity (Wildman–Crippen MR) is 85.0 cm³/mol. The molecule has 0 fully saturated rings. The molecule has 1 unspecified atom stereocenters. The molecule has 0 saturated carbocycles. The third-order valence-corrected chi connectivity index (χ3v) is 4.17. The van der Waals surface area contributed by atoms with Gasteiger partial charge in [-0.05, 0) is 31.0 Å². The van der Waals surface area contributed by atoms with Crippen LogP contribution in [0.2, 0.25) is 0 Å². The van der Waals surface area contributed by atoms with Gasteiger partial charge in [-0.25, -0.2) is 0 Å². The Kier molecular flexibility index (Phi) is 3.47. The number of hydrogen-bond acceptors (Lipinski definition) is 3. The molecule has 22 heavy (non-hydrogen) atoms. The molecule has 0 saturated heterocycles. The van der Waals surface area contributed by atoms with Crippen LogP contribution in [-0.2, 0) is 6.42 Å². The molecule has 0 bridgehead atoms. The zero-order valence-corrected chi connectivity index (χ0v) is 12.6. The largest absolute Gasteiger partial charge is 0.393 e. The highest BCUT2D eigenvalue weighted by atomic mass is 16.3. The van der Waals surface area contributed by atoms with E-state index in [2.05, 4.69) is 11.1 Å². The average Bonchev–Trinajstić information content (AvgIpc) is 2.90. The Bertz CT molecular complexity index is 960. The second-order valence-electron chi connectivity index (χ2n) is 5.49. The van der Waals surface area contributed by atoms with E-state index in [1.807, 2.05) is 31.2 Å². The first kappa shape index (κ1) is 14.4. The Morgan fingerprint density at radius 3 is 2.82 bits per heavy atom. The van der Waals surface area contributed by atoms with Gasteiger partial charge in [-0.15, -0.1) is 0 Å². The first-order valence-electron chi connectivity index (χ1n) is 7.31. The topological polar surface area (TPSA) is 81.3 Å². The number of aromatic nitrogens is 2. The SMILES string of the molecule is CCC(O)Cc1c(C)c(C#N)c2[nH]c3ccccc3n2c1=O. The van der Waals surface area contributed by atoms with Crippen LogP contribution in [0.3, 0.4) is 0 Å². The molecule has 5 heteroatoms. The number of rotatable bonds is 3. The van der Waals surface area contributed by atoms with E-state index in [-0.39, 0.29) is 12.0 Å². The molecule has 0 aliphatic carbocycles. The fourth-order valence-corrected chi connectivity index (χ4v) is 2.84. The first-order valence-corrected chi connectivity index (χ1v) is 7.31. The molecular formula is C17H17N3O2. The summed E-state index contributed by atoms with van der Waals surface area (Å²) in [6, 6.07) is 9.64. The Morgan fingerprint density at radius 1 is 1.41 bits per heavy atom. The van der Waals surface area contributed by atoms with Gasteiger partial charge in [0, 0.05) is 12.0 Å². The summed E-state index contributed by atoms with van der Waals surface area (Å²) in [6.07, 6.45) is 0.247. The highest BCUT2D eigenvalue weighted by Gasteiger charge is 2.19. The molecule has 0 aliphatic heterocycles. The van der Waals surface area contributed by atoms with Crippen molar-refractivity contribution in [3.63, 3.8) is 0 Å². The molecule has 0 spiro atoms. The van der Waals surface area contributed by atoms with Crippen molar-refractivity contribution >= 4 is 16.7 Å². The maximum absolute atomic E-state index is 12.9. The highest BCUT2D eigenvalue weighted by molar-refractivity contribution is 5.82. The van der Waals surface area contributed by atoms with E-state index in [4.69, 9.17) is 0 Å². The summed E-state index contributed by atoms with van der Waals surface area (Å²) in [7, 11) is 0. The summed E-state index contributed by atoms with van der Waals surface area (Å²) >= 11 is 0. The van der Waals surface area contributed by atoms with Crippen molar-refractivity contribution in [3.05, 3.63) is 51.3 Å². The van der Waals surface area contributed by atoms with Crippen molar-refractivity contribution in [1.29, 1.82) is 5.26 Å². The summed E-state index contributed by atoms with van der Waals surface area (Å²) in [5.41, 5.74) is 3.50. The third kappa shape index (κ3) is 2.00. The number of nitrogens with zero attached hydrogens (tertiary/aromatic N) is 2. The van der Waals surface area contributed by atoms with Crippen molar-refractivity contribution in [2.75, 3.05) is 0 Å². The van der Waals surface area contributed by atoms with Crippen molar-refractivity contribution in [3.8, 4) is 6.07 Å². The van der Waals surface area contributed by atoms with Gasteiger partial charge in [0.25, 0.3) is 5.56 Å². The lowest BCUT2D eigenvalue weighted by Crippen LogP contribution is -2.24. The number of fused-ring (bicyclic) bond motifs is 3. The van der Waals surface area contributed by atoms with E-state index in [1.54, 1.807) is 11.3 Å². The third-order valence-electron chi connectivity index (χ3n) is 4.17. The maximum Gasteiger partial charge on any atom is 0.260 e. The smallest absolute Gasteiger partial charge is 0.260 e.